The SMILES string of the molecule is O=C(O)Cc1cc(C2CCN(C(=O)CC=Cc3ccccc3)CC2)n[nH]1. The zero-order valence-corrected chi connectivity index (χ0v) is 14.6. The van der Waals surface area contributed by atoms with Gasteiger partial charge in [0.1, 0.15) is 0 Å². The minimum atomic E-state index is -0.871. The largest absolute Gasteiger partial charge is 0.481 e. The van der Waals surface area contributed by atoms with Crippen LogP contribution in [-0.4, -0.2) is 45.2 Å². The van der Waals surface area contributed by atoms with E-state index < -0.39 is 5.97 Å². The first-order chi connectivity index (χ1) is 12.6. The highest BCUT2D eigenvalue weighted by Crippen LogP contribution is 2.27. The molecular formula is C20H23N3O3. The first-order valence-corrected chi connectivity index (χ1v) is 8.87. The maximum absolute atomic E-state index is 12.3. The fourth-order valence-electron chi connectivity index (χ4n) is 3.26. The molecule has 2 heterocycles. The van der Waals surface area contributed by atoms with Crippen LogP contribution in [0.4, 0.5) is 0 Å². The van der Waals surface area contributed by atoms with Gasteiger partial charge in [0.25, 0.3) is 0 Å². The van der Waals surface area contributed by atoms with Crippen LogP contribution in [-0.2, 0) is 16.0 Å². The number of aromatic amines is 1. The predicted molar refractivity (Wildman–Crippen MR) is 98.6 cm³/mol. The van der Waals surface area contributed by atoms with Gasteiger partial charge in [-0.15, -0.1) is 0 Å². The second-order valence-corrected chi connectivity index (χ2v) is 6.56. The number of piperidine rings is 1. The van der Waals surface area contributed by atoms with Gasteiger partial charge in [0.15, 0.2) is 0 Å². The Kier molecular flexibility index (Phi) is 5.84. The highest BCUT2D eigenvalue weighted by Gasteiger charge is 2.25. The molecule has 136 valence electrons. The number of carbonyl (C=O) groups is 2. The molecule has 3 rings (SSSR count). The summed E-state index contributed by atoms with van der Waals surface area (Å²) in [6.45, 7) is 1.42. The summed E-state index contributed by atoms with van der Waals surface area (Å²) in [4.78, 5) is 25.0. The van der Waals surface area contributed by atoms with Crippen molar-refractivity contribution in [2.45, 2.75) is 31.6 Å². The molecule has 0 bridgehead atoms. The molecule has 0 spiro atoms. The number of carbonyl (C=O) groups excluding carboxylic acids is 1. The van der Waals surface area contributed by atoms with Gasteiger partial charge >= 0.3 is 5.97 Å². The third kappa shape index (κ3) is 4.81. The number of carboxylic acid groups (broad SMARTS) is 1. The number of likely N-dealkylation sites (tertiary alicyclic amines) is 1. The highest BCUT2D eigenvalue weighted by molar-refractivity contribution is 5.78. The van der Waals surface area contributed by atoms with Crippen molar-refractivity contribution in [3.63, 3.8) is 0 Å². The van der Waals surface area contributed by atoms with E-state index in [9.17, 15) is 9.59 Å². The van der Waals surface area contributed by atoms with Gasteiger partial charge in [-0.1, -0.05) is 42.5 Å². The Hall–Kier alpha value is -2.89. The van der Waals surface area contributed by atoms with Crippen LogP contribution in [0.5, 0.6) is 0 Å². The van der Waals surface area contributed by atoms with Gasteiger partial charge in [-0.3, -0.25) is 14.7 Å². The van der Waals surface area contributed by atoms with E-state index in [-0.39, 0.29) is 18.2 Å². The standard InChI is InChI=1S/C20H23N3O3/c24-19(8-4-7-15-5-2-1-3-6-15)23-11-9-16(10-12-23)18-13-17(21-22-18)14-20(25)26/h1-7,13,16H,8-12,14H2,(H,21,22)(H,25,26). The number of benzene rings is 1. The number of nitrogens with one attached hydrogen (secondary N) is 1. The number of amides is 1. The van der Waals surface area contributed by atoms with Crippen LogP contribution in [0.2, 0.25) is 0 Å². The fraction of sp³-hybridized carbons (Fsp3) is 0.350. The van der Waals surface area contributed by atoms with E-state index in [0.717, 1.165) is 24.1 Å². The molecule has 1 aromatic heterocycles. The second kappa shape index (κ2) is 8.47. The molecular weight excluding hydrogens is 330 g/mol. The number of rotatable bonds is 6. The van der Waals surface area contributed by atoms with Crippen molar-refractivity contribution < 1.29 is 14.7 Å². The molecule has 6 heteroatoms. The number of H-pyrrole nitrogens is 1. The number of aliphatic carboxylic acids is 1. The van der Waals surface area contributed by atoms with Crippen LogP contribution in [0, 0.1) is 0 Å². The third-order valence-electron chi connectivity index (χ3n) is 4.66. The Morgan fingerprint density at radius 1 is 1.23 bits per heavy atom. The van der Waals surface area contributed by atoms with Crippen molar-refractivity contribution in [3.8, 4) is 0 Å². The van der Waals surface area contributed by atoms with E-state index in [0.29, 0.717) is 25.2 Å². The van der Waals surface area contributed by atoms with Crippen molar-refractivity contribution >= 4 is 18.0 Å². The van der Waals surface area contributed by atoms with Crippen LogP contribution < -0.4 is 0 Å². The lowest BCUT2D eigenvalue weighted by atomic mass is 9.93. The molecule has 1 aliphatic heterocycles. The summed E-state index contributed by atoms with van der Waals surface area (Å²) in [7, 11) is 0. The summed E-state index contributed by atoms with van der Waals surface area (Å²) in [5, 5.41) is 15.9. The Morgan fingerprint density at radius 3 is 2.65 bits per heavy atom. The van der Waals surface area contributed by atoms with E-state index in [1.165, 1.54) is 0 Å². The van der Waals surface area contributed by atoms with Gasteiger partial charge in [0, 0.05) is 31.1 Å². The van der Waals surface area contributed by atoms with Crippen LogP contribution in [0.25, 0.3) is 6.08 Å². The summed E-state index contributed by atoms with van der Waals surface area (Å²) in [5.74, 6) is -0.453. The summed E-state index contributed by atoms with van der Waals surface area (Å²) in [6.07, 6.45) is 5.95. The van der Waals surface area contributed by atoms with Gasteiger partial charge in [-0.05, 0) is 24.5 Å². The smallest absolute Gasteiger partial charge is 0.309 e. The second-order valence-electron chi connectivity index (χ2n) is 6.56. The molecule has 0 radical (unpaired) electrons. The quantitative estimate of drug-likeness (QED) is 0.836. The molecule has 0 atom stereocenters. The molecule has 6 nitrogen and oxygen atoms in total. The van der Waals surface area contributed by atoms with Gasteiger partial charge in [-0.25, -0.2) is 0 Å². The lowest BCUT2D eigenvalue weighted by Crippen LogP contribution is -2.37. The summed E-state index contributed by atoms with van der Waals surface area (Å²) < 4.78 is 0. The van der Waals surface area contributed by atoms with Crippen LogP contribution in [0.15, 0.2) is 42.5 Å². The molecule has 1 aromatic carbocycles. The number of nitrogens with zero attached hydrogens (tertiary/aromatic N) is 2. The van der Waals surface area contributed by atoms with Gasteiger partial charge < -0.3 is 10.0 Å². The van der Waals surface area contributed by atoms with Gasteiger partial charge in [-0.2, -0.15) is 5.10 Å². The first-order valence-electron chi connectivity index (χ1n) is 8.87. The first kappa shape index (κ1) is 17.9. The Morgan fingerprint density at radius 2 is 1.96 bits per heavy atom. The average molecular weight is 353 g/mol. The minimum absolute atomic E-state index is 0.0436. The van der Waals surface area contributed by atoms with E-state index in [1.54, 1.807) is 0 Å². The minimum Gasteiger partial charge on any atom is -0.481 e. The number of aromatic nitrogens is 2. The molecule has 1 aliphatic rings. The van der Waals surface area contributed by atoms with Crippen LogP contribution in [0.1, 0.15) is 42.1 Å². The summed E-state index contributed by atoms with van der Waals surface area (Å²) in [5.41, 5.74) is 2.61. The number of hydrogen-bond acceptors (Lipinski definition) is 3. The number of hydrogen-bond donors (Lipinski definition) is 2. The van der Waals surface area contributed by atoms with E-state index >= 15 is 0 Å². The Balaban J connectivity index is 1.47. The predicted octanol–water partition coefficient (Wildman–Crippen LogP) is 2.85. The average Bonchev–Trinajstić information content (AvgIpc) is 3.10. The molecule has 0 aliphatic carbocycles. The maximum Gasteiger partial charge on any atom is 0.309 e. The third-order valence-corrected chi connectivity index (χ3v) is 4.66. The normalized spacial score (nSPS) is 15.5. The van der Waals surface area contributed by atoms with Crippen molar-refractivity contribution in [2.24, 2.45) is 0 Å². The summed E-state index contributed by atoms with van der Waals surface area (Å²) >= 11 is 0. The van der Waals surface area contributed by atoms with Gasteiger partial charge in [0.2, 0.25) is 5.91 Å². The van der Waals surface area contributed by atoms with Gasteiger partial charge in [0.05, 0.1) is 12.1 Å². The van der Waals surface area contributed by atoms with Crippen molar-refractivity contribution in [1.29, 1.82) is 0 Å². The molecule has 0 saturated carbocycles. The van der Waals surface area contributed by atoms with Crippen LogP contribution in [0.3, 0.4) is 0 Å². The molecule has 26 heavy (non-hydrogen) atoms. The molecule has 1 fully saturated rings. The molecule has 2 aromatic rings. The molecule has 2 N–H and O–H groups in total. The zero-order chi connectivity index (χ0) is 18.4. The van der Waals surface area contributed by atoms with Crippen molar-refractivity contribution in [1.82, 2.24) is 15.1 Å². The zero-order valence-electron chi connectivity index (χ0n) is 14.6. The number of carboxylic acids is 1. The Bertz CT molecular complexity index is 775. The van der Waals surface area contributed by atoms with Crippen molar-refractivity contribution in [2.75, 3.05) is 13.1 Å². The van der Waals surface area contributed by atoms with E-state index in [1.807, 2.05) is 53.5 Å². The fourth-order valence-corrected chi connectivity index (χ4v) is 3.26. The summed E-state index contributed by atoms with van der Waals surface area (Å²) in [6, 6.07) is 11.8. The lowest BCUT2D eigenvalue weighted by molar-refractivity contribution is -0.136. The molecule has 1 saturated heterocycles. The monoisotopic (exact) mass is 353 g/mol. The lowest BCUT2D eigenvalue weighted by Gasteiger charge is -2.31. The maximum atomic E-state index is 12.3. The Labute approximate surface area is 152 Å². The topological polar surface area (TPSA) is 86.3 Å². The van der Waals surface area contributed by atoms with E-state index in [4.69, 9.17) is 5.11 Å². The molecule has 0 unspecified atom stereocenters. The van der Waals surface area contributed by atoms with E-state index in [2.05, 4.69) is 10.2 Å². The molecule has 1 amide bonds. The van der Waals surface area contributed by atoms with Crippen LogP contribution >= 0.6 is 0 Å². The van der Waals surface area contributed by atoms with Crippen molar-refractivity contribution in [3.05, 3.63) is 59.4 Å². The highest BCUT2D eigenvalue weighted by atomic mass is 16.4.